The number of fused-ring (bicyclic) bond motifs is 1. The number of aromatic amines is 1. The van der Waals surface area contributed by atoms with Gasteiger partial charge in [-0.05, 0) is 54.6 Å². The van der Waals surface area contributed by atoms with E-state index in [0.717, 1.165) is 27.7 Å². The first-order valence-electron chi connectivity index (χ1n) is 8.47. The molecule has 1 heterocycles. The summed E-state index contributed by atoms with van der Waals surface area (Å²) in [5.41, 5.74) is 4.24. The lowest BCUT2D eigenvalue weighted by Gasteiger charge is -2.22. The van der Waals surface area contributed by atoms with Crippen molar-refractivity contribution in [3.8, 4) is 0 Å². The molecular formula is C21H22N2O2. The number of nitrogens with one attached hydrogen (secondary N) is 1. The summed E-state index contributed by atoms with van der Waals surface area (Å²) in [5.74, 6) is -0.00555. The van der Waals surface area contributed by atoms with Gasteiger partial charge in [-0.2, -0.15) is 0 Å². The van der Waals surface area contributed by atoms with Crippen molar-refractivity contribution in [3.05, 3.63) is 75.6 Å². The molecule has 1 amide bonds. The van der Waals surface area contributed by atoms with Gasteiger partial charge in [0.1, 0.15) is 0 Å². The van der Waals surface area contributed by atoms with Crippen LogP contribution in [0.4, 0.5) is 5.69 Å². The lowest BCUT2D eigenvalue weighted by atomic mass is 10.1. The Morgan fingerprint density at radius 2 is 1.80 bits per heavy atom. The number of hydrogen-bond acceptors (Lipinski definition) is 2. The van der Waals surface area contributed by atoms with Crippen LogP contribution in [0.25, 0.3) is 10.9 Å². The minimum absolute atomic E-state index is 0.00555. The first kappa shape index (κ1) is 17.0. The highest BCUT2D eigenvalue weighted by Gasteiger charge is 2.16. The minimum Gasteiger partial charge on any atom is -0.322 e. The quantitative estimate of drug-likeness (QED) is 0.781. The molecule has 4 nitrogen and oxygen atoms in total. The third-order valence-electron chi connectivity index (χ3n) is 4.32. The number of aromatic nitrogens is 1. The number of hydrogen-bond donors (Lipinski definition) is 1. The van der Waals surface area contributed by atoms with E-state index in [-0.39, 0.29) is 18.0 Å². The molecule has 1 aromatic heterocycles. The first-order chi connectivity index (χ1) is 12.0. The number of carbonyl (C=O) groups is 1. The highest BCUT2D eigenvalue weighted by Crippen LogP contribution is 2.20. The average molecular weight is 334 g/mol. The molecule has 3 rings (SSSR count). The second-order valence-corrected chi connectivity index (χ2v) is 6.39. The Bertz CT molecular complexity index is 989. The maximum absolute atomic E-state index is 12.5. The van der Waals surface area contributed by atoms with Crippen LogP contribution in [0.3, 0.4) is 0 Å². The third kappa shape index (κ3) is 3.63. The van der Waals surface area contributed by atoms with Crippen molar-refractivity contribution in [1.29, 1.82) is 0 Å². The number of amides is 1. The van der Waals surface area contributed by atoms with Crippen LogP contribution in [0.2, 0.25) is 0 Å². The summed E-state index contributed by atoms with van der Waals surface area (Å²) < 4.78 is 0. The van der Waals surface area contributed by atoms with Gasteiger partial charge in [-0.3, -0.25) is 9.59 Å². The molecule has 0 radical (unpaired) electrons. The molecule has 128 valence electrons. The number of anilines is 1. The predicted octanol–water partition coefficient (Wildman–Crippen LogP) is 4.09. The molecule has 2 aromatic carbocycles. The second kappa shape index (κ2) is 6.93. The number of rotatable bonds is 4. The molecule has 0 spiro atoms. The lowest BCUT2D eigenvalue weighted by Crippen LogP contribution is -2.32. The number of carbonyl (C=O) groups excluding carboxylic acids is 1. The molecule has 0 atom stereocenters. The molecule has 3 aromatic rings. The zero-order chi connectivity index (χ0) is 18.0. The molecule has 0 saturated heterocycles. The van der Waals surface area contributed by atoms with Crippen LogP contribution in [-0.2, 0) is 11.3 Å². The van der Waals surface area contributed by atoms with Crippen molar-refractivity contribution < 1.29 is 4.79 Å². The fourth-order valence-electron chi connectivity index (χ4n) is 2.96. The molecule has 0 bridgehead atoms. The van der Waals surface area contributed by atoms with Crippen molar-refractivity contribution in [3.63, 3.8) is 0 Å². The van der Waals surface area contributed by atoms with Gasteiger partial charge in [0.15, 0.2) is 0 Å². The molecule has 0 saturated carbocycles. The van der Waals surface area contributed by atoms with Gasteiger partial charge in [0.25, 0.3) is 5.56 Å². The zero-order valence-electron chi connectivity index (χ0n) is 14.8. The highest BCUT2D eigenvalue weighted by atomic mass is 16.2. The van der Waals surface area contributed by atoms with Gasteiger partial charge in [0.05, 0.1) is 6.54 Å². The van der Waals surface area contributed by atoms with Gasteiger partial charge in [-0.1, -0.05) is 31.2 Å². The molecule has 0 fully saturated rings. The smallest absolute Gasteiger partial charge is 0.253 e. The Hall–Kier alpha value is -2.88. The second-order valence-electron chi connectivity index (χ2n) is 6.39. The molecule has 4 heteroatoms. The fraction of sp³-hybridized carbons (Fsp3) is 0.238. The molecule has 25 heavy (non-hydrogen) atoms. The van der Waals surface area contributed by atoms with E-state index < -0.39 is 0 Å². The van der Waals surface area contributed by atoms with Crippen molar-refractivity contribution in [1.82, 2.24) is 4.98 Å². The number of H-pyrrole nitrogens is 1. The molecule has 1 N–H and O–H groups in total. The highest BCUT2D eigenvalue weighted by molar-refractivity contribution is 5.93. The van der Waals surface area contributed by atoms with Crippen LogP contribution in [0.1, 0.15) is 30.0 Å². The molecular weight excluding hydrogens is 312 g/mol. The van der Waals surface area contributed by atoms with Crippen LogP contribution in [0.5, 0.6) is 0 Å². The van der Waals surface area contributed by atoms with Crippen molar-refractivity contribution in [2.45, 2.75) is 33.7 Å². The van der Waals surface area contributed by atoms with Crippen molar-refractivity contribution in [2.75, 3.05) is 4.90 Å². The van der Waals surface area contributed by atoms with E-state index in [4.69, 9.17) is 0 Å². The number of benzene rings is 2. The summed E-state index contributed by atoms with van der Waals surface area (Å²) in [5, 5.41) is 0.966. The Balaban J connectivity index is 2.03. The van der Waals surface area contributed by atoms with Gasteiger partial charge in [-0.25, -0.2) is 0 Å². The summed E-state index contributed by atoms with van der Waals surface area (Å²) in [6.07, 6.45) is 0.388. The number of nitrogens with zero attached hydrogens (tertiary/aromatic N) is 1. The number of aryl methyl sites for hydroxylation is 2. The Labute approximate surface area is 147 Å². The standard InChI is InChI=1S/C21H22N2O2/c1-4-20(24)23(18-7-5-6-14(2)10-18)13-17-12-16-9-8-15(3)11-19(16)22-21(17)25/h5-12H,4,13H2,1-3H3,(H,22,25). The van der Waals surface area contributed by atoms with Crippen LogP contribution in [0, 0.1) is 13.8 Å². The van der Waals surface area contributed by atoms with Crippen LogP contribution < -0.4 is 10.5 Å². The van der Waals surface area contributed by atoms with Gasteiger partial charge in [0.2, 0.25) is 5.91 Å². The lowest BCUT2D eigenvalue weighted by molar-refractivity contribution is -0.118. The Morgan fingerprint density at radius 1 is 1.04 bits per heavy atom. The third-order valence-corrected chi connectivity index (χ3v) is 4.32. The van der Waals surface area contributed by atoms with Crippen LogP contribution in [-0.4, -0.2) is 10.9 Å². The van der Waals surface area contributed by atoms with E-state index in [9.17, 15) is 9.59 Å². The monoisotopic (exact) mass is 334 g/mol. The fourth-order valence-corrected chi connectivity index (χ4v) is 2.96. The van der Waals surface area contributed by atoms with E-state index in [1.807, 2.05) is 69.3 Å². The molecule has 0 aliphatic heterocycles. The van der Waals surface area contributed by atoms with E-state index in [0.29, 0.717) is 12.0 Å². The maximum Gasteiger partial charge on any atom is 0.253 e. The van der Waals surface area contributed by atoms with E-state index in [2.05, 4.69) is 4.98 Å². The van der Waals surface area contributed by atoms with Crippen LogP contribution in [0.15, 0.2) is 53.3 Å². The van der Waals surface area contributed by atoms with Gasteiger partial charge >= 0.3 is 0 Å². The first-order valence-corrected chi connectivity index (χ1v) is 8.47. The normalized spacial score (nSPS) is 10.8. The summed E-state index contributed by atoms with van der Waals surface area (Å²) in [6, 6.07) is 15.6. The topological polar surface area (TPSA) is 53.2 Å². The Morgan fingerprint density at radius 3 is 2.52 bits per heavy atom. The van der Waals surface area contributed by atoms with Gasteiger partial charge in [0, 0.05) is 23.2 Å². The Kier molecular flexibility index (Phi) is 4.70. The summed E-state index contributed by atoms with van der Waals surface area (Å²) >= 11 is 0. The van der Waals surface area contributed by atoms with Gasteiger partial charge in [-0.15, -0.1) is 0 Å². The predicted molar refractivity (Wildman–Crippen MR) is 102 cm³/mol. The summed E-state index contributed by atoms with van der Waals surface area (Å²) in [7, 11) is 0. The molecule has 0 unspecified atom stereocenters. The van der Waals surface area contributed by atoms with Crippen molar-refractivity contribution in [2.24, 2.45) is 0 Å². The van der Waals surface area contributed by atoms with Gasteiger partial charge < -0.3 is 9.88 Å². The van der Waals surface area contributed by atoms with E-state index in [1.54, 1.807) is 4.90 Å². The number of pyridine rings is 1. The molecule has 0 aliphatic carbocycles. The van der Waals surface area contributed by atoms with E-state index >= 15 is 0 Å². The van der Waals surface area contributed by atoms with Crippen LogP contribution >= 0.6 is 0 Å². The molecule has 0 aliphatic rings. The zero-order valence-corrected chi connectivity index (χ0v) is 14.8. The van der Waals surface area contributed by atoms with Crippen molar-refractivity contribution >= 4 is 22.5 Å². The maximum atomic E-state index is 12.5. The largest absolute Gasteiger partial charge is 0.322 e. The SMILES string of the molecule is CCC(=O)N(Cc1cc2ccc(C)cc2[nH]c1=O)c1cccc(C)c1. The summed E-state index contributed by atoms with van der Waals surface area (Å²) in [4.78, 5) is 29.6. The minimum atomic E-state index is -0.153. The summed E-state index contributed by atoms with van der Waals surface area (Å²) in [6.45, 7) is 6.07. The van der Waals surface area contributed by atoms with E-state index in [1.165, 1.54) is 0 Å². The average Bonchev–Trinajstić information content (AvgIpc) is 2.59.